The number of aliphatic carboxylic acids is 1. The summed E-state index contributed by atoms with van der Waals surface area (Å²) in [6, 6.07) is 6.53. The first kappa shape index (κ1) is 26.5. The number of phenols is 1. The number of carboxylic acids is 1. The topological polar surface area (TPSA) is 92.8 Å². The van der Waals surface area contributed by atoms with Gasteiger partial charge in [-0.1, -0.05) is 46.8 Å². The largest absolute Gasteiger partial charge is 0.507 e. The third kappa shape index (κ3) is 7.42. The van der Waals surface area contributed by atoms with Crippen LogP contribution in [0.4, 0.5) is 0 Å². The van der Waals surface area contributed by atoms with Crippen molar-refractivity contribution in [3.8, 4) is 17.2 Å². The van der Waals surface area contributed by atoms with Gasteiger partial charge in [-0.15, -0.1) is 0 Å². The number of carbonyl (C=O) groups is 1. The summed E-state index contributed by atoms with van der Waals surface area (Å²) in [5.41, 5.74) is 9.93. The number of rotatable bonds is 6. The molecule has 5 nitrogen and oxygen atoms in total. The lowest BCUT2D eigenvalue weighted by Gasteiger charge is -2.16. The van der Waals surface area contributed by atoms with E-state index in [-0.39, 0.29) is 6.42 Å². The van der Waals surface area contributed by atoms with Crippen LogP contribution in [-0.4, -0.2) is 22.2 Å². The van der Waals surface area contributed by atoms with Crippen molar-refractivity contribution in [3.63, 3.8) is 0 Å². The van der Waals surface area contributed by atoms with Crippen LogP contribution in [-0.2, 0) is 17.6 Å². The second-order valence-electron chi connectivity index (χ2n) is 6.41. The Bertz CT molecular complexity index is 777. The molecule has 1 unspecified atom stereocenters. The van der Waals surface area contributed by atoms with Crippen LogP contribution in [0.1, 0.15) is 62.4 Å². The molecule has 0 spiro atoms. The SMILES string of the molecule is CC.CC.CCc1cc(Oc2c(C)cc(CC(N)C(=O)O)cc2C)cc(C)c1O. The predicted molar refractivity (Wildman–Crippen MR) is 120 cm³/mol. The summed E-state index contributed by atoms with van der Waals surface area (Å²) in [5, 5.41) is 19.0. The zero-order valence-electron chi connectivity index (χ0n) is 19.1. The summed E-state index contributed by atoms with van der Waals surface area (Å²) in [6.07, 6.45) is 0.990. The van der Waals surface area contributed by atoms with E-state index in [1.54, 1.807) is 0 Å². The summed E-state index contributed by atoms with van der Waals surface area (Å²) in [6.45, 7) is 15.7. The van der Waals surface area contributed by atoms with Crippen molar-refractivity contribution in [1.82, 2.24) is 0 Å². The first-order chi connectivity index (χ1) is 13.7. The maximum absolute atomic E-state index is 10.9. The number of aryl methyl sites for hydroxylation is 4. The van der Waals surface area contributed by atoms with E-state index < -0.39 is 12.0 Å². The molecule has 29 heavy (non-hydrogen) atoms. The van der Waals surface area contributed by atoms with Crippen molar-refractivity contribution in [2.45, 2.75) is 74.3 Å². The van der Waals surface area contributed by atoms with E-state index in [2.05, 4.69) is 0 Å². The molecule has 0 saturated heterocycles. The Labute approximate surface area is 175 Å². The number of aromatic hydroxyl groups is 1. The number of nitrogens with two attached hydrogens (primary N) is 1. The normalized spacial score (nSPS) is 10.8. The molecule has 162 valence electrons. The van der Waals surface area contributed by atoms with Crippen molar-refractivity contribution in [3.05, 3.63) is 52.1 Å². The molecule has 2 aromatic carbocycles. The molecule has 0 amide bonds. The summed E-state index contributed by atoms with van der Waals surface area (Å²) in [4.78, 5) is 10.9. The van der Waals surface area contributed by atoms with Crippen LogP contribution in [0.5, 0.6) is 17.2 Å². The van der Waals surface area contributed by atoms with Crippen LogP contribution in [0.2, 0.25) is 0 Å². The lowest BCUT2D eigenvalue weighted by atomic mass is 10.0. The highest BCUT2D eigenvalue weighted by atomic mass is 16.5. The van der Waals surface area contributed by atoms with Gasteiger partial charge in [0.2, 0.25) is 0 Å². The number of benzene rings is 2. The summed E-state index contributed by atoms with van der Waals surface area (Å²) in [5.74, 6) is 0.705. The Morgan fingerprint density at radius 3 is 1.97 bits per heavy atom. The van der Waals surface area contributed by atoms with Gasteiger partial charge in [-0.3, -0.25) is 4.79 Å². The summed E-state index contributed by atoms with van der Waals surface area (Å²) >= 11 is 0. The average molecular weight is 404 g/mol. The standard InChI is InChI=1S/C20H25NO4.2C2H6/c1-5-15-10-16(8-11(2)18(15)22)25-19-12(3)6-14(7-13(19)4)9-17(21)20(23)24;2*1-2/h6-8,10,17,22H,5,9,21H2,1-4H3,(H,23,24);2*1-2H3. The number of hydrogen-bond donors (Lipinski definition) is 3. The van der Waals surface area contributed by atoms with E-state index in [4.69, 9.17) is 15.6 Å². The third-order valence-corrected chi connectivity index (χ3v) is 4.25. The maximum Gasteiger partial charge on any atom is 0.320 e. The fourth-order valence-electron chi connectivity index (χ4n) is 2.92. The van der Waals surface area contributed by atoms with Gasteiger partial charge in [-0.05, 0) is 73.6 Å². The molecule has 0 aliphatic rings. The minimum absolute atomic E-state index is 0.273. The molecular weight excluding hydrogens is 366 g/mol. The lowest BCUT2D eigenvalue weighted by molar-refractivity contribution is -0.138. The Morgan fingerprint density at radius 2 is 1.52 bits per heavy atom. The first-order valence-electron chi connectivity index (χ1n) is 10.3. The predicted octanol–water partition coefficient (Wildman–Crippen LogP) is 5.68. The molecule has 1 atom stereocenters. The molecule has 4 N–H and O–H groups in total. The fraction of sp³-hybridized carbons (Fsp3) is 0.458. The molecule has 0 aliphatic heterocycles. The smallest absolute Gasteiger partial charge is 0.320 e. The minimum Gasteiger partial charge on any atom is -0.507 e. The molecule has 0 heterocycles. The van der Waals surface area contributed by atoms with E-state index in [9.17, 15) is 9.90 Å². The van der Waals surface area contributed by atoms with E-state index in [1.807, 2.05) is 79.7 Å². The number of hydrogen-bond acceptors (Lipinski definition) is 4. The zero-order chi connectivity index (χ0) is 22.7. The maximum atomic E-state index is 10.9. The quantitative estimate of drug-likeness (QED) is 0.577. The molecule has 0 aliphatic carbocycles. The molecule has 0 aromatic heterocycles. The van der Waals surface area contributed by atoms with Gasteiger partial charge in [0.15, 0.2) is 0 Å². The summed E-state index contributed by atoms with van der Waals surface area (Å²) in [7, 11) is 0. The van der Waals surface area contributed by atoms with E-state index in [0.717, 1.165) is 33.6 Å². The Morgan fingerprint density at radius 1 is 1.00 bits per heavy atom. The van der Waals surface area contributed by atoms with Crippen LogP contribution in [0.15, 0.2) is 24.3 Å². The number of phenolic OH excluding ortho intramolecular Hbond substituents is 1. The van der Waals surface area contributed by atoms with E-state index >= 15 is 0 Å². The van der Waals surface area contributed by atoms with Crippen LogP contribution in [0.3, 0.4) is 0 Å². The van der Waals surface area contributed by atoms with Crippen LogP contribution < -0.4 is 10.5 Å². The molecule has 2 rings (SSSR count). The van der Waals surface area contributed by atoms with Crippen LogP contribution in [0.25, 0.3) is 0 Å². The lowest BCUT2D eigenvalue weighted by Crippen LogP contribution is -2.32. The minimum atomic E-state index is -1.01. The molecular formula is C24H37NO4. The molecule has 0 fully saturated rings. The summed E-state index contributed by atoms with van der Waals surface area (Å²) < 4.78 is 6.07. The molecule has 0 bridgehead atoms. The zero-order valence-corrected chi connectivity index (χ0v) is 19.1. The fourth-order valence-corrected chi connectivity index (χ4v) is 2.92. The monoisotopic (exact) mass is 403 g/mol. The van der Waals surface area contributed by atoms with Crippen molar-refractivity contribution in [2.75, 3.05) is 0 Å². The average Bonchev–Trinajstić information content (AvgIpc) is 2.70. The van der Waals surface area contributed by atoms with Gasteiger partial charge in [-0.25, -0.2) is 0 Å². The highest BCUT2D eigenvalue weighted by molar-refractivity contribution is 5.73. The van der Waals surface area contributed by atoms with Crippen molar-refractivity contribution in [1.29, 1.82) is 0 Å². The second kappa shape index (κ2) is 12.8. The van der Waals surface area contributed by atoms with E-state index in [0.29, 0.717) is 17.9 Å². The Balaban J connectivity index is 0.00000184. The highest BCUT2D eigenvalue weighted by Crippen LogP contribution is 2.34. The molecule has 0 saturated carbocycles. The van der Waals surface area contributed by atoms with Gasteiger partial charge < -0.3 is 20.7 Å². The molecule has 5 heteroatoms. The van der Waals surface area contributed by atoms with Crippen LogP contribution >= 0.6 is 0 Å². The number of ether oxygens (including phenoxy) is 1. The van der Waals surface area contributed by atoms with Gasteiger partial charge in [0.1, 0.15) is 23.3 Å². The van der Waals surface area contributed by atoms with Gasteiger partial charge in [0.05, 0.1) is 0 Å². The Hall–Kier alpha value is -2.53. The van der Waals surface area contributed by atoms with E-state index in [1.165, 1.54) is 0 Å². The van der Waals surface area contributed by atoms with Gasteiger partial charge in [0, 0.05) is 0 Å². The molecule has 2 aromatic rings. The Kier molecular flexibility index (Phi) is 11.7. The van der Waals surface area contributed by atoms with Crippen LogP contribution in [0, 0.1) is 20.8 Å². The van der Waals surface area contributed by atoms with Gasteiger partial charge in [-0.2, -0.15) is 0 Å². The highest BCUT2D eigenvalue weighted by Gasteiger charge is 2.15. The second-order valence-corrected chi connectivity index (χ2v) is 6.41. The third-order valence-electron chi connectivity index (χ3n) is 4.25. The van der Waals surface area contributed by atoms with Gasteiger partial charge in [0.25, 0.3) is 0 Å². The van der Waals surface area contributed by atoms with Crippen molar-refractivity contribution < 1.29 is 19.7 Å². The van der Waals surface area contributed by atoms with Crippen molar-refractivity contribution in [2.24, 2.45) is 5.73 Å². The number of carboxylic acid groups (broad SMARTS) is 1. The first-order valence-corrected chi connectivity index (χ1v) is 10.3. The molecule has 0 radical (unpaired) electrons. The van der Waals surface area contributed by atoms with Gasteiger partial charge >= 0.3 is 5.97 Å². The van der Waals surface area contributed by atoms with Crippen molar-refractivity contribution >= 4 is 5.97 Å².